The number of fused-ring (bicyclic) bond motifs is 4. The molecule has 206 valence electrons. The molecule has 2 aromatic rings. The van der Waals surface area contributed by atoms with Crippen molar-refractivity contribution in [1.29, 1.82) is 0 Å². The second-order valence-electron chi connectivity index (χ2n) is 10.3. The zero-order chi connectivity index (χ0) is 27.7. The molecule has 12 heteroatoms. The molecule has 6 bridgehead atoms. The third kappa shape index (κ3) is 6.01. The van der Waals surface area contributed by atoms with Gasteiger partial charge in [0.15, 0.2) is 6.04 Å². The Morgan fingerprint density at radius 3 is 2.54 bits per heavy atom. The summed E-state index contributed by atoms with van der Waals surface area (Å²) in [5, 5.41) is 12.1. The van der Waals surface area contributed by atoms with Gasteiger partial charge in [-0.15, -0.1) is 23.1 Å². The van der Waals surface area contributed by atoms with Gasteiger partial charge in [-0.25, -0.2) is 9.98 Å². The highest BCUT2D eigenvalue weighted by Gasteiger charge is 2.39. The monoisotopic (exact) mass is 568 g/mol. The quantitative estimate of drug-likeness (QED) is 0.521. The second kappa shape index (κ2) is 11.5. The third-order valence-electron chi connectivity index (χ3n) is 6.86. The predicted molar refractivity (Wildman–Crippen MR) is 152 cm³/mol. The Balaban J connectivity index is 1.50. The lowest BCUT2D eigenvalue weighted by Gasteiger charge is -2.22. The number of thioether (sulfide) groups is 1. The van der Waals surface area contributed by atoms with Gasteiger partial charge in [0.1, 0.15) is 28.9 Å². The number of nitrogens with one attached hydrogen (secondary N) is 3. The predicted octanol–water partition coefficient (Wildman–Crippen LogP) is 2.52. The molecule has 10 nitrogen and oxygen atoms in total. The molecule has 6 atom stereocenters. The van der Waals surface area contributed by atoms with Crippen molar-refractivity contribution in [2.24, 2.45) is 15.9 Å². The maximum atomic E-state index is 13.3. The number of carbonyl (C=O) groups is 3. The van der Waals surface area contributed by atoms with Crippen LogP contribution in [0.25, 0.3) is 0 Å². The molecule has 1 aromatic heterocycles. The van der Waals surface area contributed by atoms with Gasteiger partial charge in [-0.1, -0.05) is 44.2 Å². The van der Waals surface area contributed by atoms with Crippen LogP contribution in [-0.4, -0.2) is 69.7 Å². The number of nitrogens with zero attached hydrogens (tertiary/aromatic N) is 3. The normalized spacial score (nSPS) is 29.4. The van der Waals surface area contributed by atoms with Crippen LogP contribution in [0.15, 0.2) is 45.7 Å². The van der Waals surface area contributed by atoms with Gasteiger partial charge in [-0.05, 0) is 31.7 Å². The van der Waals surface area contributed by atoms with Crippen LogP contribution in [-0.2, 0) is 20.7 Å². The number of hydrogen-bond donors (Lipinski definition) is 3. The summed E-state index contributed by atoms with van der Waals surface area (Å²) in [4.78, 5) is 53.6. The Labute approximate surface area is 235 Å². The highest BCUT2D eigenvalue weighted by atomic mass is 32.2. The number of rotatable bonds is 3. The molecule has 0 radical (unpaired) electrons. The first-order chi connectivity index (χ1) is 18.7. The van der Waals surface area contributed by atoms with Crippen LogP contribution in [0.5, 0.6) is 0 Å². The smallest absolute Gasteiger partial charge is 0.271 e. The molecule has 3 aliphatic heterocycles. The average Bonchev–Trinajstić information content (AvgIpc) is 3.66. The lowest BCUT2D eigenvalue weighted by molar-refractivity contribution is -0.124. The molecule has 0 fully saturated rings. The Hall–Kier alpha value is -3.25. The number of thiazole rings is 1. The van der Waals surface area contributed by atoms with Crippen molar-refractivity contribution in [3.8, 4) is 0 Å². The highest BCUT2D eigenvalue weighted by molar-refractivity contribution is 8.14. The zero-order valence-corrected chi connectivity index (χ0v) is 23.8. The van der Waals surface area contributed by atoms with E-state index in [-0.39, 0.29) is 35.4 Å². The maximum absolute atomic E-state index is 13.3. The van der Waals surface area contributed by atoms with Crippen molar-refractivity contribution in [2.45, 2.75) is 70.4 Å². The van der Waals surface area contributed by atoms with E-state index in [1.165, 1.54) is 23.1 Å². The number of aromatic nitrogens is 1. The summed E-state index contributed by atoms with van der Waals surface area (Å²) >= 11 is 2.79. The summed E-state index contributed by atoms with van der Waals surface area (Å²) in [7, 11) is 0. The van der Waals surface area contributed by atoms with Gasteiger partial charge in [-0.2, -0.15) is 0 Å². The molecular weight excluding hydrogens is 536 g/mol. The minimum atomic E-state index is -0.754. The fourth-order valence-corrected chi connectivity index (χ4v) is 6.59. The van der Waals surface area contributed by atoms with E-state index in [9.17, 15) is 14.4 Å². The van der Waals surface area contributed by atoms with Crippen LogP contribution in [0.4, 0.5) is 0 Å². The Morgan fingerprint density at radius 2 is 1.79 bits per heavy atom. The topological polar surface area (TPSA) is 134 Å². The van der Waals surface area contributed by atoms with Gasteiger partial charge in [0.05, 0.1) is 17.1 Å². The molecule has 0 saturated carbocycles. The van der Waals surface area contributed by atoms with E-state index >= 15 is 0 Å². The number of carbonyl (C=O) groups excluding carboxylic acids is 3. The number of ether oxygens (including phenoxy) is 1. The van der Waals surface area contributed by atoms with Crippen LogP contribution < -0.4 is 16.0 Å². The maximum Gasteiger partial charge on any atom is 0.271 e. The Bertz CT molecular complexity index is 1310. The highest BCUT2D eigenvalue weighted by Crippen LogP contribution is 2.26. The average molecular weight is 569 g/mol. The molecule has 0 saturated heterocycles. The standard InChI is InChI=1S/C27H32N6O4S2/c1-13(2)20-25-33-21(15(4)37-25)24(36)28-14(3)26-30-18(11-38-26)22(34)29-17(10-16-8-6-5-7-9-16)27-31-19(12-39-27)23(35)32-20/h5-9,12-15,17-18,20-21H,10-11H2,1-4H3,(H,28,36)(H,29,34)(H,32,35)/t14-,15+,17-,18+,20-,21-/m0/s1. The Morgan fingerprint density at radius 1 is 1.03 bits per heavy atom. The molecule has 3 aliphatic rings. The van der Waals surface area contributed by atoms with E-state index in [1.807, 2.05) is 51.1 Å². The van der Waals surface area contributed by atoms with E-state index in [2.05, 4.69) is 30.9 Å². The van der Waals surface area contributed by atoms with E-state index in [0.29, 0.717) is 28.1 Å². The Kier molecular flexibility index (Phi) is 8.03. The lowest BCUT2D eigenvalue weighted by atomic mass is 10.0. The minimum absolute atomic E-state index is 0.0457. The van der Waals surface area contributed by atoms with E-state index < -0.39 is 30.3 Å². The van der Waals surface area contributed by atoms with E-state index in [4.69, 9.17) is 4.74 Å². The van der Waals surface area contributed by atoms with Gasteiger partial charge in [-0.3, -0.25) is 19.4 Å². The van der Waals surface area contributed by atoms with Crippen molar-refractivity contribution in [3.63, 3.8) is 0 Å². The molecule has 0 aliphatic carbocycles. The van der Waals surface area contributed by atoms with Crippen LogP contribution >= 0.6 is 23.1 Å². The first-order valence-corrected chi connectivity index (χ1v) is 14.9. The summed E-state index contributed by atoms with van der Waals surface area (Å²) in [5.74, 6) is -0.113. The van der Waals surface area contributed by atoms with Crippen LogP contribution in [0.3, 0.4) is 0 Å². The van der Waals surface area contributed by atoms with Gasteiger partial charge >= 0.3 is 0 Å². The molecule has 1 aromatic carbocycles. The van der Waals surface area contributed by atoms with Crippen LogP contribution in [0.2, 0.25) is 0 Å². The van der Waals surface area contributed by atoms with Crippen LogP contribution in [0, 0.1) is 5.92 Å². The van der Waals surface area contributed by atoms with Crippen molar-refractivity contribution in [1.82, 2.24) is 20.9 Å². The summed E-state index contributed by atoms with van der Waals surface area (Å²) < 4.78 is 5.98. The SMILES string of the molecule is CC(C)[C@@H]1NC(=O)c2csc(n2)[C@H](Cc2ccccc2)NC(=O)[C@H]2CSC(=N2)[C@H](C)NC(=O)[C@H]2N=C1O[C@@H]2C. The molecule has 0 spiro atoms. The summed E-state index contributed by atoms with van der Waals surface area (Å²) in [5.41, 5.74) is 1.29. The van der Waals surface area contributed by atoms with Gasteiger partial charge in [0, 0.05) is 11.1 Å². The molecular formula is C27H32N6O4S2. The number of amides is 3. The van der Waals surface area contributed by atoms with Crippen molar-refractivity contribution < 1.29 is 19.1 Å². The summed E-state index contributed by atoms with van der Waals surface area (Å²) in [6.07, 6.45) is 0.0246. The largest absolute Gasteiger partial charge is 0.474 e. The molecule has 3 amide bonds. The molecule has 39 heavy (non-hydrogen) atoms. The van der Waals surface area contributed by atoms with Crippen molar-refractivity contribution >= 4 is 51.8 Å². The van der Waals surface area contributed by atoms with Gasteiger partial charge in [0.25, 0.3) is 5.91 Å². The summed E-state index contributed by atoms with van der Waals surface area (Å²) in [6.45, 7) is 7.54. The lowest BCUT2D eigenvalue weighted by Crippen LogP contribution is -2.45. The first-order valence-electron chi connectivity index (χ1n) is 13.1. The molecule has 3 N–H and O–H groups in total. The zero-order valence-electron chi connectivity index (χ0n) is 22.2. The van der Waals surface area contributed by atoms with E-state index in [0.717, 1.165) is 5.56 Å². The number of hydrogen-bond acceptors (Lipinski definition) is 9. The number of aliphatic imine (C=N–C) groups is 2. The second-order valence-corrected chi connectivity index (χ2v) is 12.2. The number of benzene rings is 1. The van der Waals surface area contributed by atoms with Gasteiger partial charge in [0.2, 0.25) is 17.7 Å². The van der Waals surface area contributed by atoms with Crippen LogP contribution in [0.1, 0.15) is 54.8 Å². The van der Waals surface area contributed by atoms with Crippen molar-refractivity contribution in [3.05, 3.63) is 52.0 Å². The van der Waals surface area contributed by atoms with E-state index in [1.54, 1.807) is 12.3 Å². The third-order valence-corrected chi connectivity index (χ3v) is 9.06. The van der Waals surface area contributed by atoms with Gasteiger partial charge < -0.3 is 20.7 Å². The van der Waals surface area contributed by atoms with Crippen molar-refractivity contribution in [2.75, 3.05) is 5.75 Å². The fourth-order valence-electron chi connectivity index (χ4n) is 4.68. The minimum Gasteiger partial charge on any atom is -0.474 e. The molecule has 5 rings (SSSR count). The fraction of sp³-hybridized carbons (Fsp3) is 0.481. The first kappa shape index (κ1) is 27.3. The molecule has 0 unspecified atom stereocenters. The molecule has 4 heterocycles. The summed E-state index contributed by atoms with van der Waals surface area (Å²) in [6, 6.07) is 7.14.